The first-order chi connectivity index (χ1) is 9.50. The zero-order valence-corrected chi connectivity index (χ0v) is 11.5. The van der Waals surface area contributed by atoms with Crippen molar-refractivity contribution < 1.29 is 9.59 Å². The number of fused-ring (bicyclic) bond motifs is 1. The van der Waals surface area contributed by atoms with Crippen molar-refractivity contribution in [2.24, 2.45) is 0 Å². The van der Waals surface area contributed by atoms with Gasteiger partial charge in [-0.05, 0) is 18.9 Å². The Morgan fingerprint density at radius 3 is 2.80 bits per heavy atom. The van der Waals surface area contributed by atoms with Crippen LogP contribution in [0.1, 0.15) is 28.8 Å². The van der Waals surface area contributed by atoms with Crippen molar-refractivity contribution >= 4 is 34.7 Å². The highest BCUT2D eigenvalue weighted by atomic mass is 32.1. The summed E-state index contributed by atoms with van der Waals surface area (Å²) in [6.45, 7) is 3.73. The number of nitrogens with zero attached hydrogens (tertiary/aromatic N) is 1. The molecule has 1 unspecified atom stereocenters. The molecule has 3 rings (SSSR count). The Morgan fingerprint density at radius 2 is 2.15 bits per heavy atom. The SMILES string of the molecule is C=C1CCC(N2C(=O)c3c(N)cccc3C2=S)C(=O)N1. The van der Waals surface area contributed by atoms with Crippen molar-refractivity contribution in [3.63, 3.8) is 0 Å². The van der Waals surface area contributed by atoms with Crippen LogP contribution in [0.5, 0.6) is 0 Å². The summed E-state index contributed by atoms with van der Waals surface area (Å²) in [7, 11) is 0. The Kier molecular flexibility index (Phi) is 2.83. The van der Waals surface area contributed by atoms with Crippen LogP contribution < -0.4 is 11.1 Å². The lowest BCUT2D eigenvalue weighted by molar-refractivity contribution is -0.125. The average molecular weight is 287 g/mol. The zero-order chi connectivity index (χ0) is 14.4. The molecule has 2 aliphatic heterocycles. The smallest absolute Gasteiger partial charge is 0.262 e. The summed E-state index contributed by atoms with van der Waals surface area (Å²) in [4.78, 5) is 26.3. The Hall–Kier alpha value is -2.21. The Balaban J connectivity index is 2.00. The van der Waals surface area contributed by atoms with Crippen LogP contribution >= 0.6 is 12.2 Å². The van der Waals surface area contributed by atoms with Crippen LogP contribution in [-0.4, -0.2) is 27.7 Å². The molecule has 20 heavy (non-hydrogen) atoms. The summed E-state index contributed by atoms with van der Waals surface area (Å²) in [6, 6.07) is 4.57. The fraction of sp³-hybridized carbons (Fsp3) is 0.214. The molecule has 0 aromatic heterocycles. The molecule has 1 fully saturated rings. The number of rotatable bonds is 1. The van der Waals surface area contributed by atoms with Crippen LogP contribution in [0.4, 0.5) is 5.69 Å². The van der Waals surface area contributed by atoms with Gasteiger partial charge in [-0.3, -0.25) is 14.5 Å². The summed E-state index contributed by atoms with van der Waals surface area (Å²) in [5.74, 6) is -0.543. The van der Waals surface area contributed by atoms with Crippen LogP contribution in [0.2, 0.25) is 0 Å². The van der Waals surface area contributed by atoms with E-state index in [4.69, 9.17) is 18.0 Å². The summed E-state index contributed by atoms with van der Waals surface area (Å²) < 4.78 is 0. The maximum atomic E-state index is 12.5. The van der Waals surface area contributed by atoms with Gasteiger partial charge in [-0.1, -0.05) is 30.9 Å². The highest BCUT2D eigenvalue weighted by Crippen LogP contribution is 2.31. The minimum atomic E-state index is -0.590. The second-order valence-corrected chi connectivity index (χ2v) is 5.28. The number of hydrogen-bond donors (Lipinski definition) is 2. The van der Waals surface area contributed by atoms with Crippen molar-refractivity contribution in [1.29, 1.82) is 0 Å². The number of nitrogen functional groups attached to an aromatic ring is 1. The van der Waals surface area contributed by atoms with Gasteiger partial charge in [-0.25, -0.2) is 0 Å². The number of piperidine rings is 1. The first-order valence-electron chi connectivity index (χ1n) is 6.25. The predicted molar refractivity (Wildman–Crippen MR) is 79.0 cm³/mol. The van der Waals surface area contributed by atoms with Crippen LogP contribution in [0.25, 0.3) is 0 Å². The highest BCUT2D eigenvalue weighted by molar-refractivity contribution is 7.80. The third-order valence-electron chi connectivity index (χ3n) is 3.61. The van der Waals surface area contributed by atoms with E-state index in [0.29, 0.717) is 40.3 Å². The van der Waals surface area contributed by atoms with Crippen molar-refractivity contribution in [2.45, 2.75) is 18.9 Å². The molecule has 2 aliphatic rings. The molecule has 0 radical (unpaired) electrons. The maximum absolute atomic E-state index is 12.5. The number of thiocarbonyl (C=S) groups is 1. The van der Waals surface area contributed by atoms with Crippen molar-refractivity contribution in [2.75, 3.05) is 5.73 Å². The summed E-state index contributed by atoms with van der Waals surface area (Å²) in [5.41, 5.74) is 7.93. The van der Waals surface area contributed by atoms with Crippen molar-refractivity contribution in [1.82, 2.24) is 10.2 Å². The number of hydrogen-bond acceptors (Lipinski definition) is 4. The maximum Gasteiger partial charge on any atom is 0.262 e. The molecule has 5 nitrogen and oxygen atoms in total. The van der Waals surface area contributed by atoms with E-state index < -0.39 is 6.04 Å². The lowest BCUT2D eigenvalue weighted by atomic mass is 10.0. The van der Waals surface area contributed by atoms with Gasteiger partial charge in [0.1, 0.15) is 11.0 Å². The van der Waals surface area contributed by atoms with Crippen LogP contribution in [-0.2, 0) is 4.79 Å². The molecule has 2 heterocycles. The third-order valence-corrected chi connectivity index (χ3v) is 4.03. The van der Waals surface area contributed by atoms with Gasteiger partial charge in [0.25, 0.3) is 5.91 Å². The number of benzene rings is 1. The van der Waals surface area contributed by atoms with Crippen molar-refractivity contribution in [3.8, 4) is 0 Å². The average Bonchev–Trinajstić information content (AvgIpc) is 2.64. The highest BCUT2D eigenvalue weighted by Gasteiger charge is 2.42. The van der Waals surface area contributed by atoms with E-state index >= 15 is 0 Å². The predicted octanol–water partition coefficient (Wildman–Crippen LogP) is 1.19. The molecule has 0 saturated carbocycles. The molecule has 0 aliphatic carbocycles. The number of carbonyl (C=O) groups is 2. The molecule has 1 atom stereocenters. The van der Waals surface area contributed by atoms with E-state index in [-0.39, 0.29) is 11.8 Å². The van der Waals surface area contributed by atoms with E-state index in [9.17, 15) is 9.59 Å². The number of nitrogens with one attached hydrogen (secondary N) is 1. The van der Waals surface area contributed by atoms with Crippen LogP contribution in [0.3, 0.4) is 0 Å². The topological polar surface area (TPSA) is 75.4 Å². The van der Waals surface area contributed by atoms with Gasteiger partial charge in [0, 0.05) is 16.9 Å². The first kappa shape index (κ1) is 12.8. The first-order valence-corrected chi connectivity index (χ1v) is 6.66. The number of amides is 2. The molecule has 1 aromatic carbocycles. The lowest BCUT2D eigenvalue weighted by Crippen LogP contribution is -2.51. The lowest BCUT2D eigenvalue weighted by Gasteiger charge is -2.30. The number of allylic oxidation sites excluding steroid dienone is 1. The normalized spacial score (nSPS) is 22.0. The molecule has 0 spiro atoms. The van der Waals surface area contributed by atoms with Gasteiger partial charge in [0.05, 0.1) is 5.56 Å². The van der Waals surface area contributed by atoms with E-state index in [1.807, 2.05) is 0 Å². The molecular weight excluding hydrogens is 274 g/mol. The molecule has 102 valence electrons. The van der Waals surface area contributed by atoms with Gasteiger partial charge < -0.3 is 11.1 Å². The van der Waals surface area contributed by atoms with E-state index in [1.54, 1.807) is 18.2 Å². The number of nitrogens with two attached hydrogens (primary N) is 1. The molecule has 3 N–H and O–H groups in total. The van der Waals surface area contributed by atoms with Crippen LogP contribution in [0.15, 0.2) is 30.5 Å². The van der Waals surface area contributed by atoms with E-state index in [0.717, 1.165) is 0 Å². The van der Waals surface area contributed by atoms with E-state index in [2.05, 4.69) is 11.9 Å². The molecule has 2 amide bonds. The minimum Gasteiger partial charge on any atom is -0.398 e. The van der Waals surface area contributed by atoms with Gasteiger partial charge >= 0.3 is 0 Å². The standard InChI is InChI=1S/C14H13N3O2S/c1-7-5-6-10(12(18)16-7)17-13(19)11-8(14(17)20)3-2-4-9(11)15/h2-4,10H,1,5-6,15H2,(H,16,18). The quantitative estimate of drug-likeness (QED) is 0.601. The monoisotopic (exact) mass is 287 g/mol. The number of anilines is 1. The van der Waals surface area contributed by atoms with Gasteiger partial charge in [0.15, 0.2) is 0 Å². The Morgan fingerprint density at radius 1 is 1.40 bits per heavy atom. The van der Waals surface area contributed by atoms with Gasteiger partial charge in [0.2, 0.25) is 5.91 Å². The second kappa shape index (κ2) is 4.42. The molecule has 1 aromatic rings. The summed E-state index contributed by atoms with van der Waals surface area (Å²) in [6.07, 6.45) is 1.15. The van der Waals surface area contributed by atoms with Crippen LogP contribution in [0, 0.1) is 0 Å². The van der Waals surface area contributed by atoms with E-state index in [1.165, 1.54) is 4.90 Å². The summed E-state index contributed by atoms with van der Waals surface area (Å²) >= 11 is 5.34. The molecular formula is C14H13N3O2S. The minimum absolute atomic E-state index is 0.247. The molecule has 6 heteroatoms. The fourth-order valence-corrected chi connectivity index (χ4v) is 3.00. The Bertz CT molecular complexity index is 668. The third kappa shape index (κ3) is 1.72. The molecule has 1 saturated heterocycles. The fourth-order valence-electron chi connectivity index (χ4n) is 2.62. The zero-order valence-electron chi connectivity index (χ0n) is 10.7. The number of carbonyl (C=O) groups excluding carboxylic acids is 2. The Labute approximate surface area is 121 Å². The molecule has 0 bridgehead atoms. The second-order valence-electron chi connectivity index (χ2n) is 4.90. The van der Waals surface area contributed by atoms with Gasteiger partial charge in [-0.2, -0.15) is 0 Å². The largest absolute Gasteiger partial charge is 0.398 e. The summed E-state index contributed by atoms with van der Waals surface area (Å²) in [5, 5.41) is 2.67. The van der Waals surface area contributed by atoms with Gasteiger partial charge in [-0.15, -0.1) is 0 Å². The van der Waals surface area contributed by atoms with Crippen molar-refractivity contribution in [3.05, 3.63) is 41.6 Å².